The smallest absolute Gasteiger partial charge is 0.194 e. The van der Waals surface area contributed by atoms with E-state index in [0.29, 0.717) is 21.8 Å². The van der Waals surface area contributed by atoms with Gasteiger partial charge in [0.25, 0.3) is 0 Å². The molecule has 0 unspecified atom stereocenters. The standard InChI is InChI=1S/C14H12ClNO/c1-9-8-10(16)6-7-11(9)14(17)12-4-2-3-5-13(12)15/h2-8H,16H2,1H3. The SMILES string of the molecule is Cc1cc(N)ccc1C(=O)c1ccccc1Cl. The Morgan fingerprint density at radius 1 is 1.12 bits per heavy atom. The van der Waals surface area contributed by atoms with Gasteiger partial charge in [0.15, 0.2) is 5.78 Å². The van der Waals surface area contributed by atoms with Gasteiger partial charge in [-0.2, -0.15) is 0 Å². The van der Waals surface area contributed by atoms with Crippen molar-refractivity contribution in [2.45, 2.75) is 6.92 Å². The molecule has 2 aromatic carbocycles. The molecule has 2 nitrogen and oxygen atoms in total. The number of benzene rings is 2. The zero-order valence-corrected chi connectivity index (χ0v) is 10.2. The number of carbonyl (C=O) groups is 1. The van der Waals surface area contributed by atoms with Crippen LogP contribution in [0.15, 0.2) is 42.5 Å². The van der Waals surface area contributed by atoms with E-state index in [1.54, 1.807) is 42.5 Å². The second kappa shape index (κ2) is 4.60. The lowest BCUT2D eigenvalue weighted by Gasteiger charge is -2.07. The monoisotopic (exact) mass is 245 g/mol. The normalized spacial score (nSPS) is 10.2. The summed E-state index contributed by atoms with van der Waals surface area (Å²) in [6.45, 7) is 1.86. The summed E-state index contributed by atoms with van der Waals surface area (Å²) in [5, 5.41) is 0.466. The Bertz CT molecular complexity index is 578. The minimum Gasteiger partial charge on any atom is -0.399 e. The van der Waals surface area contributed by atoms with E-state index in [0.717, 1.165) is 5.56 Å². The number of anilines is 1. The molecule has 0 fully saturated rings. The number of nitrogens with two attached hydrogens (primary N) is 1. The molecule has 3 heteroatoms. The molecule has 86 valence electrons. The number of halogens is 1. The maximum absolute atomic E-state index is 12.3. The van der Waals surface area contributed by atoms with E-state index in [-0.39, 0.29) is 5.78 Å². The number of aryl methyl sites for hydroxylation is 1. The molecule has 2 aromatic rings. The van der Waals surface area contributed by atoms with Crippen molar-refractivity contribution in [2.75, 3.05) is 5.73 Å². The van der Waals surface area contributed by atoms with E-state index in [4.69, 9.17) is 17.3 Å². The predicted molar refractivity (Wildman–Crippen MR) is 70.5 cm³/mol. The first-order valence-corrected chi connectivity index (χ1v) is 5.63. The van der Waals surface area contributed by atoms with Crippen LogP contribution in [0, 0.1) is 6.92 Å². The summed E-state index contributed by atoms with van der Waals surface area (Å²) in [6, 6.07) is 12.3. The van der Waals surface area contributed by atoms with Gasteiger partial charge < -0.3 is 5.73 Å². The molecule has 0 aromatic heterocycles. The van der Waals surface area contributed by atoms with Crippen molar-refractivity contribution in [1.29, 1.82) is 0 Å². The Morgan fingerprint density at radius 2 is 1.82 bits per heavy atom. The Kier molecular flexibility index (Phi) is 3.16. The van der Waals surface area contributed by atoms with Gasteiger partial charge in [-0.15, -0.1) is 0 Å². The summed E-state index contributed by atoms with van der Waals surface area (Å²) in [5.74, 6) is -0.0758. The highest BCUT2D eigenvalue weighted by Gasteiger charge is 2.14. The van der Waals surface area contributed by atoms with Gasteiger partial charge >= 0.3 is 0 Å². The molecule has 0 spiro atoms. The van der Waals surface area contributed by atoms with E-state index in [1.165, 1.54) is 0 Å². The average molecular weight is 246 g/mol. The Labute approximate surface area is 105 Å². The zero-order valence-electron chi connectivity index (χ0n) is 9.41. The molecule has 0 aliphatic carbocycles. The minimum atomic E-state index is -0.0758. The lowest BCUT2D eigenvalue weighted by Crippen LogP contribution is -2.04. The Hall–Kier alpha value is -1.80. The van der Waals surface area contributed by atoms with Crippen LogP contribution in [0.1, 0.15) is 21.5 Å². The van der Waals surface area contributed by atoms with Crippen LogP contribution in [0.5, 0.6) is 0 Å². The first kappa shape index (κ1) is 11.7. The number of carbonyl (C=O) groups excluding carboxylic acids is 1. The highest BCUT2D eigenvalue weighted by atomic mass is 35.5. The summed E-state index contributed by atoms with van der Waals surface area (Å²) in [4.78, 5) is 12.3. The average Bonchev–Trinajstić information content (AvgIpc) is 2.29. The molecule has 0 heterocycles. The molecule has 0 saturated heterocycles. The van der Waals surface area contributed by atoms with Gasteiger partial charge in [0.1, 0.15) is 0 Å². The molecular weight excluding hydrogens is 234 g/mol. The number of rotatable bonds is 2. The number of nitrogen functional groups attached to an aromatic ring is 1. The molecule has 2 rings (SSSR count). The third-order valence-electron chi connectivity index (χ3n) is 2.61. The molecule has 0 saturated carbocycles. The van der Waals surface area contributed by atoms with Crippen molar-refractivity contribution in [3.05, 3.63) is 64.2 Å². The summed E-state index contributed by atoms with van der Waals surface area (Å²) in [7, 11) is 0. The molecule has 0 aliphatic heterocycles. The van der Waals surface area contributed by atoms with Crippen LogP contribution < -0.4 is 5.73 Å². The minimum absolute atomic E-state index is 0.0758. The Morgan fingerprint density at radius 3 is 2.47 bits per heavy atom. The zero-order chi connectivity index (χ0) is 12.4. The van der Waals surface area contributed by atoms with E-state index in [2.05, 4.69) is 0 Å². The number of hydrogen-bond donors (Lipinski definition) is 1. The highest BCUT2D eigenvalue weighted by molar-refractivity contribution is 6.35. The molecule has 0 bridgehead atoms. The van der Waals surface area contributed by atoms with E-state index >= 15 is 0 Å². The molecule has 0 amide bonds. The van der Waals surface area contributed by atoms with Crippen LogP contribution in [0.3, 0.4) is 0 Å². The molecule has 0 radical (unpaired) electrons. The molecule has 17 heavy (non-hydrogen) atoms. The van der Waals surface area contributed by atoms with E-state index in [9.17, 15) is 4.79 Å². The number of hydrogen-bond acceptors (Lipinski definition) is 2. The van der Waals surface area contributed by atoms with Crippen molar-refractivity contribution >= 4 is 23.1 Å². The third kappa shape index (κ3) is 2.32. The lowest BCUT2D eigenvalue weighted by molar-refractivity contribution is 0.103. The summed E-state index contributed by atoms with van der Waals surface area (Å²) in [6.07, 6.45) is 0. The highest BCUT2D eigenvalue weighted by Crippen LogP contribution is 2.21. The quantitative estimate of drug-likeness (QED) is 0.650. The summed E-state index contributed by atoms with van der Waals surface area (Å²) < 4.78 is 0. The van der Waals surface area contributed by atoms with E-state index < -0.39 is 0 Å². The molecule has 0 atom stereocenters. The van der Waals surface area contributed by atoms with Crippen molar-refractivity contribution in [1.82, 2.24) is 0 Å². The van der Waals surface area contributed by atoms with Crippen LogP contribution >= 0.6 is 11.6 Å². The fraction of sp³-hybridized carbons (Fsp3) is 0.0714. The van der Waals surface area contributed by atoms with Crippen LogP contribution in [0.25, 0.3) is 0 Å². The van der Waals surface area contributed by atoms with Gasteiger partial charge in [-0.1, -0.05) is 23.7 Å². The van der Waals surface area contributed by atoms with Gasteiger partial charge in [0, 0.05) is 16.8 Å². The van der Waals surface area contributed by atoms with Crippen molar-refractivity contribution in [3.63, 3.8) is 0 Å². The van der Waals surface area contributed by atoms with Gasteiger partial charge in [-0.05, 0) is 42.8 Å². The second-order valence-electron chi connectivity index (χ2n) is 3.88. The largest absolute Gasteiger partial charge is 0.399 e. The van der Waals surface area contributed by atoms with Crippen LogP contribution in [-0.4, -0.2) is 5.78 Å². The first-order chi connectivity index (χ1) is 8.09. The second-order valence-corrected chi connectivity index (χ2v) is 4.29. The van der Waals surface area contributed by atoms with Gasteiger partial charge in [0.05, 0.1) is 5.02 Å². The van der Waals surface area contributed by atoms with Crippen LogP contribution in [0.2, 0.25) is 5.02 Å². The van der Waals surface area contributed by atoms with Gasteiger partial charge in [-0.25, -0.2) is 0 Å². The van der Waals surface area contributed by atoms with Crippen molar-refractivity contribution < 1.29 is 4.79 Å². The first-order valence-electron chi connectivity index (χ1n) is 5.25. The maximum atomic E-state index is 12.3. The van der Waals surface area contributed by atoms with Crippen LogP contribution in [-0.2, 0) is 0 Å². The van der Waals surface area contributed by atoms with Crippen molar-refractivity contribution in [3.8, 4) is 0 Å². The summed E-state index contributed by atoms with van der Waals surface area (Å²) in [5.41, 5.74) is 8.31. The Balaban J connectivity index is 2.48. The van der Waals surface area contributed by atoms with Gasteiger partial charge in [0.2, 0.25) is 0 Å². The number of ketones is 1. The molecule has 0 aliphatic rings. The maximum Gasteiger partial charge on any atom is 0.194 e. The summed E-state index contributed by atoms with van der Waals surface area (Å²) >= 11 is 6.01. The van der Waals surface area contributed by atoms with Gasteiger partial charge in [-0.3, -0.25) is 4.79 Å². The molecule has 2 N–H and O–H groups in total. The topological polar surface area (TPSA) is 43.1 Å². The third-order valence-corrected chi connectivity index (χ3v) is 2.94. The van der Waals surface area contributed by atoms with Crippen molar-refractivity contribution in [2.24, 2.45) is 0 Å². The predicted octanol–water partition coefficient (Wildman–Crippen LogP) is 3.46. The molecular formula is C14H12ClNO. The fourth-order valence-corrected chi connectivity index (χ4v) is 1.95. The fourth-order valence-electron chi connectivity index (χ4n) is 1.73. The van der Waals surface area contributed by atoms with Crippen LogP contribution in [0.4, 0.5) is 5.69 Å². The van der Waals surface area contributed by atoms with E-state index in [1.807, 2.05) is 6.92 Å². The lowest BCUT2D eigenvalue weighted by atomic mass is 9.99.